The van der Waals surface area contributed by atoms with Crippen LogP contribution in [-0.2, 0) is 0 Å². The van der Waals surface area contributed by atoms with Crippen molar-refractivity contribution in [1.82, 2.24) is 4.90 Å². The summed E-state index contributed by atoms with van der Waals surface area (Å²) >= 11 is 0. The Morgan fingerprint density at radius 1 is 1.50 bits per heavy atom. The highest BCUT2D eigenvalue weighted by atomic mass is 16.4. The van der Waals surface area contributed by atoms with Crippen LogP contribution in [-0.4, -0.2) is 35.3 Å². The Kier molecular flexibility index (Phi) is 2.11. The number of carbonyl (C=O) groups is 1. The van der Waals surface area contributed by atoms with E-state index in [9.17, 15) is 9.90 Å². The van der Waals surface area contributed by atoms with Gasteiger partial charge < -0.3 is 19.9 Å². The first kappa shape index (κ1) is 7.34. The van der Waals surface area contributed by atoms with Gasteiger partial charge in [-0.25, -0.2) is 0 Å². The van der Waals surface area contributed by atoms with Crippen molar-refractivity contribution in [2.45, 2.75) is 18.9 Å². The largest absolute Gasteiger partial charge is 0.530 e. The van der Waals surface area contributed by atoms with E-state index < -0.39 is 6.09 Å². The summed E-state index contributed by atoms with van der Waals surface area (Å²) in [7, 11) is 0. The first-order chi connectivity index (χ1) is 4.70. The van der Waals surface area contributed by atoms with Crippen LogP contribution in [0.4, 0.5) is 4.79 Å². The molecular formula is C6H10NO3-. The van der Waals surface area contributed by atoms with Crippen molar-refractivity contribution in [3.8, 4) is 0 Å². The minimum atomic E-state index is -1.13. The predicted molar refractivity (Wildman–Crippen MR) is 32.2 cm³/mol. The average Bonchev–Trinajstić information content (AvgIpc) is 1.88. The topological polar surface area (TPSA) is 63.6 Å². The van der Waals surface area contributed by atoms with E-state index in [-0.39, 0.29) is 6.10 Å². The Bertz CT molecular complexity index is 129. The molecule has 0 unspecified atom stereocenters. The van der Waals surface area contributed by atoms with Crippen LogP contribution < -0.4 is 5.11 Å². The average molecular weight is 144 g/mol. The molecule has 1 fully saturated rings. The van der Waals surface area contributed by atoms with Gasteiger partial charge in [0.15, 0.2) is 0 Å². The molecule has 58 valence electrons. The number of likely N-dealkylation sites (tertiary alicyclic amines) is 1. The van der Waals surface area contributed by atoms with Crippen molar-refractivity contribution in [2.24, 2.45) is 0 Å². The highest BCUT2D eigenvalue weighted by molar-refractivity contribution is 5.62. The quantitative estimate of drug-likeness (QED) is 0.464. The van der Waals surface area contributed by atoms with Gasteiger partial charge in [-0.2, -0.15) is 0 Å². The summed E-state index contributed by atoms with van der Waals surface area (Å²) in [6.07, 6.45) is -0.385. The summed E-state index contributed by atoms with van der Waals surface area (Å²) < 4.78 is 0. The molecule has 1 heterocycles. The first-order valence-corrected chi connectivity index (χ1v) is 3.34. The maximum atomic E-state index is 10.2. The van der Waals surface area contributed by atoms with Gasteiger partial charge in [0.05, 0.1) is 6.10 Å². The third-order valence-electron chi connectivity index (χ3n) is 1.72. The lowest BCUT2D eigenvalue weighted by atomic mass is 10.1. The molecule has 1 aliphatic heterocycles. The molecule has 0 radical (unpaired) electrons. The van der Waals surface area contributed by atoms with Crippen LogP contribution in [0, 0.1) is 0 Å². The molecule has 0 spiro atoms. The van der Waals surface area contributed by atoms with Gasteiger partial charge in [-0.05, 0) is 12.8 Å². The molecule has 1 aliphatic rings. The summed E-state index contributed by atoms with van der Waals surface area (Å²) in [4.78, 5) is 11.4. The monoisotopic (exact) mass is 144 g/mol. The van der Waals surface area contributed by atoms with Gasteiger partial charge in [0, 0.05) is 13.1 Å². The van der Waals surface area contributed by atoms with E-state index >= 15 is 0 Å². The second-order valence-corrected chi connectivity index (χ2v) is 2.48. The number of piperidine rings is 1. The number of carboxylic acid groups (broad SMARTS) is 1. The van der Waals surface area contributed by atoms with Gasteiger partial charge in [0.2, 0.25) is 0 Å². The van der Waals surface area contributed by atoms with E-state index in [0.29, 0.717) is 25.9 Å². The maximum Gasteiger partial charge on any atom is 0.136 e. The molecule has 0 aliphatic carbocycles. The first-order valence-electron chi connectivity index (χ1n) is 3.34. The lowest BCUT2D eigenvalue weighted by molar-refractivity contribution is -0.267. The number of aliphatic hydroxyl groups is 1. The van der Waals surface area contributed by atoms with Gasteiger partial charge in [-0.15, -0.1) is 0 Å². The molecule has 1 N–H and O–H groups in total. The Labute approximate surface area is 59.1 Å². The second-order valence-electron chi connectivity index (χ2n) is 2.48. The molecule has 0 aromatic heterocycles. The smallest absolute Gasteiger partial charge is 0.136 e. The van der Waals surface area contributed by atoms with Crippen molar-refractivity contribution in [2.75, 3.05) is 13.1 Å². The normalized spacial score (nSPS) is 21.1. The van der Waals surface area contributed by atoms with Crippen molar-refractivity contribution in [3.05, 3.63) is 0 Å². The van der Waals surface area contributed by atoms with Gasteiger partial charge >= 0.3 is 0 Å². The summed E-state index contributed by atoms with van der Waals surface area (Å²) in [5.41, 5.74) is 0. The fourth-order valence-corrected chi connectivity index (χ4v) is 1.05. The summed E-state index contributed by atoms with van der Waals surface area (Å²) in [5, 5.41) is 19.2. The maximum absolute atomic E-state index is 10.2. The number of carbonyl (C=O) groups excluding carboxylic acids is 1. The van der Waals surface area contributed by atoms with Crippen molar-refractivity contribution in [1.29, 1.82) is 0 Å². The molecule has 4 heteroatoms. The lowest BCUT2D eigenvalue weighted by Gasteiger charge is -2.31. The second kappa shape index (κ2) is 2.88. The molecule has 0 aromatic rings. The predicted octanol–water partition coefficient (Wildman–Crippen LogP) is -1.21. The van der Waals surface area contributed by atoms with E-state index in [2.05, 4.69) is 0 Å². The zero-order chi connectivity index (χ0) is 7.56. The summed E-state index contributed by atoms with van der Waals surface area (Å²) in [5.74, 6) is 0. The summed E-state index contributed by atoms with van der Waals surface area (Å²) in [6, 6.07) is 0. The van der Waals surface area contributed by atoms with Crippen molar-refractivity contribution in [3.63, 3.8) is 0 Å². The Morgan fingerprint density at radius 2 is 2.00 bits per heavy atom. The van der Waals surface area contributed by atoms with Gasteiger partial charge in [0.25, 0.3) is 0 Å². The van der Waals surface area contributed by atoms with Crippen molar-refractivity contribution < 1.29 is 15.0 Å². The van der Waals surface area contributed by atoms with Crippen LogP contribution in [0.3, 0.4) is 0 Å². The molecule has 1 amide bonds. The zero-order valence-corrected chi connectivity index (χ0v) is 5.62. The van der Waals surface area contributed by atoms with Gasteiger partial charge in [0.1, 0.15) is 6.09 Å². The van der Waals surface area contributed by atoms with Crippen molar-refractivity contribution >= 4 is 6.09 Å². The number of amides is 1. The fourth-order valence-electron chi connectivity index (χ4n) is 1.05. The Morgan fingerprint density at radius 3 is 2.40 bits per heavy atom. The molecule has 1 rings (SSSR count). The highest BCUT2D eigenvalue weighted by Crippen LogP contribution is 2.08. The molecule has 10 heavy (non-hydrogen) atoms. The van der Waals surface area contributed by atoms with Crippen LogP contribution in [0.5, 0.6) is 0 Å². The standard InChI is InChI=1S/C6H11NO3/c8-5-1-3-7(4-2-5)6(9)10/h5,8H,1-4H2,(H,9,10)/p-1. The lowest BCUT2D eigenvalue weighted by Crippen LogP contribution is -2.46. The SMILES string of the molecule is O=C([O-])N1CCC(O)CC1. The zero-order valence-electron chi connectivity index (χ0n) is 5.62. The minimum Gasteiger partial charge on any atom is -0.530 e. The molecular weight excluding hydrogens is 134 g/mol. The van der Waals surface area contributed by atoms with Crippen LogP contribution >= 0.6 is 0 Å². The van der Waals surface area contributed by atoms with Crippen LogP contribution in [0.2, 0.25) is 0 Å². The third kappa shape index (κ3) is 1.60. The number of hydrogen-bond donors (Lipinski definition) is 1. The van der Waals surface area contributed by atoms with Crippen LogP contribution in [0.25, 0.3) is 0 Å². The molecule has 4 nitrogen and oxygen atoms in total. The molecule has 0 aromatic carbocycles. The van der Waals surface area contributed by atoms with E-state index in [0.717, 1.165) is 0 Å². The number of nitrogens with zero attached hydrogens (tertiary/aromatic N) is 1. The van der Waals surface area contributed by atoms with Crippen LogP contribution in [0.15, 0.2) is 0 Å². The number of rotatable bonds is 0. The van der Waals surface area contributed by atoms with E-state index in [1.165, 1.54) is 4.90 Å². The van der Waals surface area contributed by atoms with Gasteiger partial charge in [-0.1, -0.05) is 0 Å². The highest BCUT2D eigenvalue weighted by Gasteiger charge is 2.15. The van der Waals surface area contributed by atoms with E-state index in [4.69, 9.17) is 5.11 Å². The molecule has 0 bridgehead atoms. The van der Waals surface area contributed by atoms with Gasteiger partial charge in [-0.3, -0.25) is 0 Å². The van der Waals surface area contributed by atoms with E-state index in [1.54, 1.807) is 0 Å². The molecule has 0 atom stereocenters. The number of aliphatic hydroxyl groups excluding tert-OH is 1. The van der Waals surface area contributed by atoms with Crippen LogP contribution in [0.1, 0.15) is 12.8 Å². The Hall–Kier alpha value is -0.770. The Balaban J connectivity index is 2.33. The third-order valence-corrected chi connectivity index (χ3v) is 1.72. The minimum absolute atomic E-state index is 0.324. The molecule has 1 saturated heterocycles. The molecule has 0 saturated carbocycles. The fraction of sp³-hybridized carbons (Fsp3) is 0.833. The van der Waals surface area contributed by atoms with E-state index in [1.807, 2.05) is 0 Å². The summed E-state index contributed by atoms with van der Waals surface area (Å²) in [6.45, 7) is 0.812. The number of hydrogen-bond acceptors (Lipinski definition) is 3.